The van der Waals surface area contributed by atoms with Crippen LogP contribution in [0.5, 0.6) is 0 Å². The summed E-state index contributed by atoms with van der Waals surface area (Å²) in [4.78, 5) is 30.3. The van der Waals surface area contributed by atoms with Crippen molar-refractivity contribution in [1.82, 2.24) is 15.1 Å². The number of rotatable bonds is 6. The van der Waals surface area contributed by atoms with Crippen molar-refractivity contribution in [3.63, 3.8) is 0 Å². The zero-order valence-electron chi connectivity index (χ0n) is 17.0. The third kappa shape index (κ3) is 4.44. The lowest BCUT2D eigenvalue weighted by molar-refractivity contribution is -0.160. The fraction of sp³-hybridized carbons (Fsp3) is 0.636. The number of carbonyl (C=O) groups is 2. The molecular formula is C22H30ClN3O3. The molecule has 1 N–H and O–H groups in total. The smallest absolute Gasteiger partial charge is 0.243 e. The van der Waals surface area contributed by atoms with Crippen molar-refractivity contribution in [2.75, 3.05) is 33.4 Å². The molecule has 3 fully saturated rings. The molecule has 29 heavy (non-hydrogen) atoms. The van der Waals surface area contributed by atoms with Crippen LogP contribution in [0.2, 0.25) is 5.02 Å². The van der Waals surface area contributed by atoms with E-state index < -0.39 is 0 Å². The Balaban J connectivity index is 1.53. The summed E-state index contributed by atoms with van der Waals surface area (Å²) >= 11 is 6.02. The molecule has 1 aromatic rings. The SMILES string of the molecule is COCCNC(=O)[C@H]1[C@@H]2C[C@@H](CN(Cc3ccc(Cl)cc3)C2)[C@@H]2CCCC(=O)N21. The molecule has 3 aliphatic rings. The zero-order valence-corrected chi connectivity index (χ0v) is 17.7. The van der Waals surface area contributed by atoms with Crippen LogP contribution in [0.3, 0.4) is 0 Å². The van der Waals surface area contributed by atoms with E-state index in [4.69, 9.17) is 16.3 Å². The first-order chi connectivity index (χ1) is 14.1. The predicted molar refractivity (Wildman–Crippen MR) is 111 cm³/mol. The van der Waals surface area contributed by atoms with Crippen molar-refractivity contribution in [3.8, 4) is 0 Å². The maximum atomic E-state index is 13.1. The van der Waals surface area contributed by atoms with Gasteiger partial charge in [0.05, 0.1) is 6.61 Å². The van der Waals surface area contributed by atoms with Crippen molar-refractivity contribution in [1.29, 1.82) is 0 Å². The van der Waals surface area contributed by atoms with Crippen molar-refractivity contribution < 1.29 is 14.3 Å². The van der Waals surface area contributed by atoms with Gasteiger partial charge in [-0.1, -0.05) is 23.7 Å². The Morgan fingerprint density at radius 3 is 2.76 bits per heavy atom. The molecule has 6 nitrogen and oxygen atoms in total. The van der Waals surface area contributed by atoms with E-state index in [2.05, 4.69) is 22.3 Å². The number of fused-ring (bicyclic) bond motifs is 4. The highest BCUT2D eigenvalue weighted by molar-refractivity contribution is 6.30. The molecule has 158 valence electrons. The van der Waals surface area contributed by atoms with Crippen LogP contribution < -0.4 is 5.32 Å². The Kier molecular flexibility index (Phi) is 6.42. The summed E-state index contributed by atoms with van der Waals surface area (Å²) in [5, 5.41) is 3.73. The van der Waals surface area contributed by atoms with Gasteiger partial charge in [-0.05, 0) is 42.9 Å². The highest BCUT2D eigenvalue weighted by Gasteiger charge is 2.51. The first kappa shape index (κ1) is 20.6. The van der Waals surface area contributed by atoms with Crippen molar-refractivity contribution >= 4 is 23.4 Å². The van der Waals surface area contributed by atoms with Crippen molar-refractivity contribution in [2.24, 2.45) is 11.8 Å². The summed E-state index contributed by atoms with van der Waals surface area (Å²) in [5.74, 6) is 0.725. The Morgan fingerprint density at radius 2 is 2.00 bits per heavy atom. The van der Waals surface area contributed by atoms with E-state index in [0.29, 0.717) is 25.5 Å². The maximum absolute atomic E-state index is 13.1. The van der Waals surface area contributed by atoms with Gasteiger partial charge in [-0.25, -0.2) is 0 Å². The molecular weight excluding hydrogens is 390 g/mol. The average molecular weight is 420 g/mol. The van der Waals surface area contributed by atoms with Crippen molar-refractivity contribution in [2.45, 2.75) is 44.3 Å². The van der Waals surface area contributed by atoms with E-state index in [1.807, 2.05) is 17.0 Å². The first-order valence-corrected chi connectivity index (χ1v) is 11.0. The molecule has 2 amide bonds. The number of piperidine rings is 3. The van der Waals surface area contributed by atoms with E-state index in [9.17, 15) is 9.59 Å². The number of nitrogens with zero attached hydrogens (tertiary/aromatic N) is 2. The van der Waals surface area contributed by atoms with Gasteiger partial charge in [-0.15, -0.1) is 0 Å². The van der Waals surface area contributed by atoms with Crippen LogP contribution in [0, 0.1) is 11.8 Å². The minimum atomic E-state index is -0.367. The first-order valence-electron chi connectivity index (χ1n) is 10.6. The normalized spacial score (nSPS) is 29.4. The van der Waals surface area contributed by atoms with E-state index in [-0.39, 0.29) is 29.8 Å². The number of ether oxygens (including phenoxy) is 1. The minimum absolute atomic E-state index is 0.0286. The minimum Gasteiger partial charge on any atom is -0.383 e. The molecule has 3 heterocycles. The third-order valence-corrected chi connectivity index (χ3v) is 6.86. The largest absolute Gasteiger partial charge is 0.383 e. The van der Waals surface area contributed by atoms with Crippen LogP contribution in [-0.2, 0) is 20.9 Å². The Bertz CT molecular complexity index is 741. The van der Waals surface area contributed by atoms with E-state index >= 15 is 0 Å². The lowest BCUT2D eigenvalue weighted by atomic mass is 9.71. The Morgan fingerprint density at radius 1 is 1.24 bits per heavy atom. The Labute approximate surface area is 177 Å². The van der Waals surface area contributed by atoms with Gasteiger partial charge in [0.25, 0.3) is 0 Å². The summed E-state index contributed by atoms with van der Waals surface area (Å²) < 4.78 is 5.07. The summed E-state index contributed by atoms with van der Waals surface area (Å²) in [7, 11) is 1.62. The molecule has 4 rings (SSSR count). The number of halogens is 1. The van der Waals surface area contributed by atoms with E-state index in [1.165, 1.54) is 5.56 Å². The molecule has 7 heteroatoms. The molecule has 4 atom stereocenters. The molecule has 3 aliphatic heterocycles. The standard InChI is InChI=1S/C22H30ClN3O3/c1-29-10-9-24-22(28)21-17-11-16(19-3-2-4-20(27)26(19)21)13-25(14-17)12-15-5-7-18(23)8-6-15/h5-8,16-17,19,21H,2-4,9-14H2,1H3,(H,24,28)/t16-,17+,19-,21+/m0/s1. The van der Waals surface area contributed by atoms with Gasteiger partial charge >= 0.3 is 0 Å². The number of likely N-dealkylation sites (tertiary alicyclic amines) is 1. The van der Waals surface area contributed by atoms with Crippen LogP contribution in [-0.4, -0.2) is 67.0 Å². The molecule has 3 saturated heterocycles. The molecule has 0 radical (unpaired) electrons. The van der Waals surface area contributed by atoms with Gasteiger partial charge < -0.3 is 15.0 Å². The lowest BCUT2D eigenvalue weighted by Gasteiger charge is -2.56. The fourth-order valence-electron chi connectivity index (χ4n) is 5.45. The van der Waals surface area contributed by atoms with Gasteiger partial charge in [-0.2, -0.15) is 0 Å². The number of hydrogen-bond acceptors (Lipinski definition) is 4. The van der Waals surface area contributed by atoms with Crippen molar-refractivity contribution in [3.05, 3.63) is 34.9 Å². The number of methoxy groups -OCH3 is 1. The number of benzene rings is 1. The fourth-order valence-corrected chi connectivity index (χ4v) is 5.57. The zero-order chi connectivity index (χ0) is 20.4. The lowest BCUT2D eigenvalue weighted by Crippen LogP contribution is -2.68. The van der Waals surface area contributed by atoms with Gasteiger partial charge in [0.2, 0.25) is 11.8 Å². The predicted octanol–water partition coefficient (Wildman–Crippen LogP) is 2.30. The van der Waals surface area contributed by atoms with Crippen LogP contribution in [0.15, 0.2) is 24.3 Å². The van der Waals surface area contributed by atoms with Gasteiger partial charge in [-0.3, -0.25) is 14.5 Å². The summed E-state index contributed by atoms with van der Waals surface area (Å²) in [6.45, 7) is 3.61. The molecule has 1 aromatic carbocycles. The quantitative estimate of drug-likeness (QED) is 0.719. The molecule has 0 spiro atoms. The molecule has 0 unspecified atom stereocenters. The molecule has 0 aliphatic carbocycles. The van der Waals surface area contributed by atoms with Gasteiger partial charge in [0, 0.05) is 56.7 Å². The maximum Gasteiger partial charge on any atom is 0.243 e. The molecule has 2 bridgehead atoms. The summed E-state index contributed by atoms with van der Waals surface area (Å²) in [6.07, 6.45) is 3.51. The van der Waals surface area contributed by atoms with Crippen LogP contribution in [0.4, 0.5) is 0 Å². The Hall–Kier alpha value is -1.63. The number of carbonyl (C=O) groups excluding carboxylic acids is 2. The number of nitrogens with one attached hydrogen (secondary N) is 1. The summed E-state index contributed by atoms with van der Waals surface area (Å²) in [6, 6.07) is 7.80. The topological polar surface area (TPSA) is 61.9 Å². The highest BCUT2D eigenvalue weighted by atomic mass is 35.5. The number of amides is 2. The second-order valence-corrected chi connectivity index (χ2v) is 9.00. The third-order valence-electron chi connectivity index (χ3n) is 6.61. The average Bonchev–Trinajstić information content (AvgIpc) is 2.71. The van der Waals surface area contributed by atoms with Crippen LogP contribution in [0.1, 0.15) is 31.2 Å². The van der Waals surface area contributed by atoms with Gasteiger partial charge in [0.1, 0.15) is 6.04 Å². The highest BCUT2D eigenvalue weighted by Crippen LogP contribution is 2.42. The second kappa shape index (κ2) is 9.02. The summed E-state index contributed by atoms with van der Waals surface area (Å²) in [5.41, 5.74) is 1.23. The molecule has 0 saturated carbocycles. The second-order valence-electron chi connectivity index (χ2n) is 8.57. The number of hydrogen-bond donors (Lipinski definition) is 1. The van der Waals surface area contributed by atoms with Crippen LogP contribution in [0.25, 0.3) is 0 Å². The molecule has 0 aromatic heterocycles. The van der Waals surface area contributed by atoms with E-state index in [1.54, 1.807) is 7.11 Å². The van der Waals surface area contributed by atoms with Gasteiger partial charge in [0.15, 0.2) is 0 Å². The van der Waals surface area contributed by atoms with E-state index in [0.717, 1.165) is 43.9 Å². The monoisotopic (exact) mass is 419 g/mol. The van der Waals surface area contributed by atoms with Crippen LogP contribution >= 0.6 is 11.6 Å².